The third kappa shape index (κ3) is 5.39. The Labute approximate surface area is 144 Å². The summed E-state index contributed by atoms with van der Waals surface area (Å²) in [6, 6.07) is 0.254. The van der Waals surface area contributed by atoms with Crippen molar-refractivity contribution in [1.82, 2.24) is 20.4 Å². The van der Waals surface area contributed by atoms with E-state index in [1.807, 2.05) is 0 Å². The molecule has 1 saturated heterocycles. The van der Waals surface area contributed by atoms with Crippen molar-refractivity contribution in [2.75, 3.05) is 33.7 Å². The van der Waals surface area contributed by atoms with Crippen LogP contribution in [0.5, 0.6) is 0 Å². The Morgan fingerprint density at radius 1 is 1.00 bits per heavy atom. The summed E-state index contributed by atoms with van der Waals surface area (Å²) in [5.74, 6) is -0.292. The predicted octanol–water partition coefficient (Wildman–Crippen LogP) is 0.945. The highest BCUT2D eigenvalue weighted by atomic mass is 16.2. The Bertz CT molecular complexity index is 453. The molecule has 4 amide bonds. The van der Waals surface area contributed by atoms with E-state index in [4.69, 9.17) is 0 Å². The number of piperidine rings is 1. The van der Waals surface area contributed by atoms with E-state index in [9.17, 15) is 14.4 Å². The van der Waals surface area contributed by atoms with Gasteiger partial charge in [0.25, 0.3) is 0 Å². The average Bonchev–Trinajstić information content (AvgIpc) is 2.60. The lowest BCUT2D eigenvalue weighted by Gasteiger charge is -2.33. The van der Waals surface area contributed by atoms with Crippen molar-refractivity contribution in [1.29, 1.82) is 0 Å². The number of urea groups is 1. The molecule has 0 spiro atoms. The smallest absolute Gasteiger partial charge is 0.319 e. The molecule has 1 aliphatic heterocycles. The fourth-order valence-corrected chi connectivity index (χ4v) is 3.45. The van der Waals surface area contributed by atoms with Crippen LogP contribution in [0.2, 0.25) is 0 Å². The highest BCUT2D eigenvalue weighted by molar-refractivity contribution is 5.86. The molecule has 2 rings (SSSR count). The number of carbonyl (C=O) groups is 3. The Kier molecular flexibility index (Phi) is 6.87. The van der Waals surface area contributed by atoms with Gasteiger partial charge in [0.05, 0.1) is 6.54 Å². The van der Waals surface area contributed by atoms with E-state index in [0.29, 0.717) is 25.9 Å². The summed E-state index contributed by atoms with van der Waals surface area (Å²) in [5, 5.41) is 5.74. The highest BCUT2D eigenvalue weighted by Crippen LogP contribution is 2.18. The maximum atomic E-state index is 12.2. The average molecular weight is 338 g/mol. The van der Waals surface area contributed by atoms with Crippen LogP contribution in [0.25, 0.3) is 0 Å². The Morgan fingerprint density at radius 2 is 1.62 bits per heavy atom. The largest absolute Gasteiger partial charge is 0.352 e. The number of nitrogens with zero attached hydrogens (tertiary/aromatic N) is 2. The second kappa shape index (κ2) is 8.89. The molecular formula is C17H30N4O3. The summed E-state index contributed by atoms with van der Waals surface area (Å²) in [6.07, 6.45) is 6.96. The lowest BCUT2D eigenvalue weighted by molar-refractivity contribution is -0.129. The van der Waals surface area contributed by atoms with Crippen LogP contribution in [-0.2, 0) is 9.59 Å². The zero-order valence-corrected chi connectivity index (χ0v) is 14.8. The summed E-state index contributed by atoms with van der Waals surface area (Å²) in [6.45, 7) is 1.22. The van der Waals surface area contributed by atoms with Crippen LogP contribution in [0.15, 0.2) is 0 Å². The van der Waals surface area contributed by atoms with Gasteiger partial charge < -0.3 is 20.4 Å². The highest BCUT2D eigenvalue weighted by Gasteiger charge is 2.28. The van der Waals surface area contributed by atoms with Crippen LogP contribution >= 0.6 is 0 Å². The van der Waals surface area contributed by atoms with Crippen LogP contribution in [0, 0.1) is 5.92 Å². The monoisotopic (exact) mass is 338 g/mol. The number of likely N-dealkylation sites (tertiary alicyclic amines) is 1. The topological polar surface area (TPSA) is 81.8 Å². The summed E-state index contributed by atoms with van der Waals surface area (Å²) in [7, 11) is 3.46. The van der Waals surface area contributed by atoms with Crippen molar-refractivity contribution in [2.45, 2.75) is 51.0 Å². The molecular weight excluding hydrogens is 308 g/mol. The molecule has 0 aromatic rings. The van der Waals surface area contributed by atoms with Crippen LogP contribution < -0.4 is 10.6 Å². The molecule has 1 saturated carbocycles. The van der Waals surface area contributed by atoms with Crippen molar-refractivity contribution >= 4 is 17.8 Å². The van der Waals surface area contributed by atoms with E-state index < -0.39 is 0 Å². The first-order chi connectivity index (χ1) is 11.5. The zero-order chi connectivity index (χ0) is 17.5. The van der Waals surface area contributed by atoms with Crippen LogP contribution in [-0.4, -0.2) is 67.4 Å². The Balaban J connectivity index is 1.66. The molecule has 0 radical (unpaired) electrons. The van der Waals surface area contributed by atoms with E-state index in [2.05, 4.69) is 10.6 Å². The quantitative estimate of drug-likeness (QED) is 0.800. The van der Waals surface area contributed by atoms with Gasteiger partial charge in [-0.05, 0) is 25.7 Å². The summed E-state index contributed by atoms with van der Waals surface area (Å²) >= 11 is 0. The minimum absolute atomic E-state index is 0.0132. The van der Waals surface area contributed by atoms with Crippen molar-refractivity contribution < 1.29 is 14.4 Å². The minimum atomic E-state index is -0.112. The van der Waals surface area contributed by atoms with Crippen molar-refractivity contribution in [2.24, 2.45) is 5.92 Å². The standard InChI is InChI=1S/C17H30N4O3/c1-20(2)17(24)21-10-8-13(9-11-21)16(23)18-12-15(22)19-14-6-4-3-5-7-14/h13-14H,3-12H2,1-2H3,(H,18,23)(H,19,22). The maximum absolute atomic E-state index is 12.2. The Hall–Kier alpha value is -1.79. The van der Waals surface area contributed by atoms with Crippen molar-refractivity contribution in [3.8, 4) is 0 Å². The first kappa shape index (κ1) is 18.5. The lowest BCUT2D eigenvalue weighted by atomic mass is 9.95. The second-order valence-corrected chi connectivity index (χ2v) is 7.06. The van der Waals surface area contributed by atoms with Crippen LogP contribution in [0.1, 0.15) is 44.9 Å². The SMILES string of the molecule is CN(C)C(=O)N1CCC(C(=O)NCC(=O)NC2CCCCC2)CC1. The van der Waals surface area contributed by atoms with E-state index in [0.717, 1.165) is 12.8 Å². The van der Waals surface area contributed by atoms with Crippen molar-refractivity contribution in [3.63, 3.8) is 0 Å². The van der Waals surface area contributed by atoms with Gasteiger partial charge in [0.15, 0.2) is 0 Å². The zero-order valence-electron chi connectivity index (χ0n) is 14.8. The van der Waals surface area contributed by atoms with Gasteiger partial charge in [0, 0.05) is 39.1 Å². The maximum Gasteiger partial charge on any atom is 0.319 e. The van der Waals surface area contributed by atoms with Gasteiger partial charge in [-0.2, -0.15) is 0 Å². The minimum Gasteiger partial charge on any atom is -0.352 e. The molecule has 0 unspecified atom stereocenters. The summed E-state index contributed by atoms with van der Waals surface area (Å²) in [5.41, 5.74) is 0. The van der Waals surface area contributed by atoms with Crippen molar-refractivity contribution in [3.05, 3.63) is 0 Å². The fourth-order valence-electron chi connectivity index (χ4n) is 3.45. The van der Waals surface area contributed by atoms with Gasteiger partial charge >= 0.3 is 6.03 Å². The number of nitrogens with one attached hydrogen (secondary N) is 2. The van der Waals surface area contributed by atoms with E-state index in [-0.39, 0.29) is 36.3 Å². The fraction of sp³-hybridized carbons (Fsp3) is 0.824. The van der Waals surface area contributed by atoms with E-state index in [1.54, 1.807) is 23.9 Å². The first-order valence-electron chi connectivity index (χ1n) is 9.00. The molecule has 7 heteroatoms. The molecule has 2 N–H and O–H groups in total. The molecule has 1 heterocycles. The number of carbonyl (C=O) groups excluding carboxylic acids is 3. The number of amides is 4. The molecule has 24 heavy (non-hydrogen) atoms. The normalized spacial score (nSPS) is 19.7. The van der Waals surface area contributed by atoms with E-state index >= 15 is 0 Å². The van der Waals surface area contributed by atoms with Gasteiger partial charge in [-0.1, -0.05) is 19.3 Å². The number of hydrogen-bond donors (Lipinski definition) is 2. The van der Waals surface area contributed by atoms with Gasteiger partial charge in [-0.25, -0.2) is 4.79 Å². The molecule has 0 atom stereocenters. The summed E-state index contributed by atoms with van der Waals surface area (Å²) in [4.78, 5) is 39.3. The third-order valence-electron chi connectivity index (χ3n) is 4.91. The molecule has 2 fully saturated rings. The van der Waals surface area contributed by atoms with Crippen LogP contribution in [0.4, 0.5) is 4.79 Å². The third-order valence-corrected chi connectivity index (χ3v) is 4.91. The van der Waals surface area contributed by atoms with Crippen LogP contribution in [0.3, 0.4) is 0 Å². The molecule has 2 aliphatic rings. The molecule has 0 aromatic heterocycles. The first-order valence-corrected chi connectivity index (χ1v) is 9.00. The van der Waals surface area contributed by atoms with Gasteiger partial charge in [0.1, 0.15) is 0 Å². The summed E-state index contributed by atoms with van der Waals surface area (Å²) < 4.78 is 0. The lowest BCUT2D eigenvalue weighted by Crippen LogP contribution is -2.48. The molecule has 136 valence electrons. The molecule has 0 aromatic carbocycles. The second-order valence-electron chi connectivity index (χ2n) is 7.06. The van der Waals surface area contributed by atoms with Gasteiger partial charge in [-0.3, -0.25) is 9.59 Å². The molecule has 7 nitrogen and oxygen atoms in total. The van der Waals surface area contributed by atoms with Gasteiger partial charge in [-0.15, -0.1) is 0 Å². The Morgan fingerprint density at radius 3 is 2.21 bits per heavy atom. The molecule has 0 bridgehead atoms. The number of hydrogen-bond acceptors (Lipinski definition) is 3. The molecule has 1 aliphatic carbocycles. The van der Waals surface area contributed by atoms with E-state index in [1.165, 1.54) is 19.3 Å². The number of rotatable bonds is 4. The van der Waals surface area contributed by atoms with Gasteiger partial charge in [0.2, 0.25) is 11.8 Å². The predicted molar refractivity (Wildman–Crippen MR) is 91.4 cm³/mol.